The normalized spacial score (nSPS) is 16.8. The molecular weight excluding hydrogens is 241 g/mol. The molecule has 0 aromatic heterocycles. The first kappa shape index (κ1) is 15.8. The smallest absolute Gasteiger partial charge is 0.315 e. The zero-order chi connectivity index (χ0) is 13.6. The predicted octanol–water partition coefficient (Wildman–Crippen LogP) is 3.18. The lowest BCUT2D eigenvalue weighted by Crippen LogP contribution is -2.36. The van der Waals surface area contributed by atoms with Crippen LogP contribution in [-0.2, 0) is 0 Å². The zero-order valence-corrected chi connectivity index (χ0v) is 11.4. The van der Waals surface area contributed by atoms with Crippen molar-refractivity contribution in [1.82, 2.24) is 10.2 Å². The Labute approximate surface area is 108 Å². The van der Waals surface area contributed by atoms with E-state index in [4.69, 9.17) is 0 Å². The average molecular weight is 266 g/mol. The molecule has 0 saturated heterocycles. The summed E-state index contributed by atoms with van der Waals surface area (Å²) in [5.41, 5.74) is 0. The predicted molar refractivity (Wildman–Crippen MR) is 67.6 cm³/mol. The Morgan fingerprint density at radius 1 is 1.17 bits per heavy atom. The van der Waals surface area contributed by atoms with E-state index in [2.05, 4.69) is 19.2 Å². The molecule has 18 heavy (non-hydrogen) atoms. The molecule has 1 fully saturated rings. The number of nitrogens with zero attached hydrogens (tertiary/aromatic N) is 1. The van der Waals surface area contributed by atoms with Crippen LogP contribution in [0.15, 0.2) is 0 Å². The molecule has 0 heterocycles. The molecule has 0 spiro atoms. The molecule has 108 valence electrons. The molecule has 5 heteroatoms. The molecule has 0 amide bonds. The fourth-order valence-corrected chi connectivity index (χ4v) is 2.07. The van der Waals surface area contributed by atoms with Gasteiger partial charge in [0, 0.05) is 12.1 Å². The molecule has 0 aromatic carbocycles. The second kappa shape index (κ2) is 7.34. The lowest BCUT2D eigenvalue weighted by Gasteiger charge is -2.23. The maximum Gasteiger partial charge on any atom is 0.401 e. The number of alkyl halides is 3. The Morgan fingerprint density at radius 2 is 1.83 bits per heavy atom. The Hall–Kier alpha value is -0.290. The maximum absolute atomic E-state index is 12.4. The van der Waals surface area contributed by atoms with E-state index in [1.165, 1.54) is 0 Å². The highest BCUT2D eigenvalue weighted by Crippen LogP contribution is 2.30. The first-order valence-electron chi connectivity index (χ1n) is 6.92. The van der Waals surface area contributed by atoms with E-state index in [9.17, 15) is 13.2 Å². The van der Waals surface area contributed by atoms with Crippen LogP contribution in [-0.4, -0.2) is 42.8 Å². The summed E-state index contributed by atoms with van der Waals surface area (Å²) in [5, 5.41) is 3.31. The first-order valence-corrected chi connectivity index (χ1v) is 6.92. The number of unbranched alkanes of at least 4 members (excludes halogenated alkanes) is 2. The van der Waals surface area contributed by atoms with Crippen molar-refractivity contribution in [3.05, 3.63) is 0 Å². The Bertz CT molecular complexity index is 225. The van der Waals surface area contributed by atoms with E-state index in [1.54, 1.807) is 4.90 Å². The van der Waals surface area contributed by atoms with Gasteiger partial charge in [-0.25, -0.2) is 0 Å². The second-order valence-corrected chi connectivity index (χ2v) is 5.49. The summed E-state index contributed by atoms with van der Waals surface area (Å²) in [7, 11) is 0. The molecule has 0 aliphatic heterocycles. The zero-order valence-electron chi connectivity index (χ0n) is 11.4. The number of nitrogens with one attached hydrogen (secondary N) is 1. The topological polar surface area (TPSA) is 15.3 Å². The summed E-state index contributed by atoms with van der Waals surface area (Å²) >= 11 is 0. The van der Waals surface area contributed by atoms with Gasteiger partial charge < -0.3 is 5.32 Å². The summed E-state index contributed by atoms with van der Waals surface area (Å²) in [5.74, 6) is 0. The highest BCUT2D eigenvalue weighted by molar-refractivity contribution is 4.85. The Balaban J connectivity index is 2.07. The standard InChI is InChI=1S/C13H25F3N2/c1-11(2)17-8-4-3-5-9-18(12-6-7-12)10-13(14,15)16/h11-12,17H,3-10H2,1-2H3. The summed E-state index contributed by atoms with van der Waals surface area (Å²) < 4.78 is 37.1. The van der Waals surface area contributed by atoms with E-state index >= 15 is 0 Å². The van der Waals surface area contributed by atoms with E-state index in [1.807, 2.05) is 0 Å². The van der Waals surface area contributed by atoms with Crippen molar-refractivity contribution in [2.45, 2.75) is 64.2 Å². The minimum absolute atomic E-state index is 0.195. The maximum atomic E-state index is 12.4. The molecule has 0 bridgehead atoms. The first-order chi connectivity index (χ1) is 8.38. The van der Waals surface area contributed by atoms with E-state index in [-0.39, 0.29) is 6.04 Å². The van der Waals surface area contributed by atoms with E-state index in [0.29, 0.717) is 12.6 Å². The van der Waals surface area contributed by atoms with Crippen LogP contribution in [0.1, 0.15) is 46.0 Å². The monoisotopic (exact) mass is 266 g/mol. The Morgan fingerprint density at radius 3 is 2.33 bits per heavy atom. The summed E-state index contributed by atoms with van der Waals surface area (Å²) in [6.45, 7) is 5.00. The molecule has 0 atom stereocenters. The van der Waals surface area contributed by atoms with Crippen molar-refractivity contribution in [2.24, 2.45) is 0 Å². The lowest BCUT2D eigenvalue weighted by atomic mass is 10.2. The van der Waals surface area contributed by atoms with Crippen LogP contribution in [0.5, 0.6) is 0 Å². The van der Waals surface area contributed by atoms with Gasteiger partial charge in [0.25, 0.3) is 0 Å². The molecule has 1 rings (SSSR count). The van der Waals surface area contributed by atoms with Crippen molar-refractivity contribution in [3.63, 3.8) is 0 Å². The van der Waals surface area contributed by atoms with Gasteiger partial charge in [0.2, 0.25) is 0 Å². The lowest BCUT2D eigenvalue weighted by molar-refractivity contribution is -0.147. The van der Waals surface area contributed by atoms with Crippen LogP contribution in [0.4, 0.5) is 13.2 Å². The largest absolute Gasteiger partial charge is 0.401 e. The van der Waals surface area contributed by atoms with Gasteiger partial charge in [-0.05, 0) is 38.8 Å². The number of hydrogen-bond donors (Lipinski definition) is 1. The van der Waals surface area contributed by atoms with Gasteiger partial charge in [-0.15, -0.1) is 0 Å². The van der Waals surface area contributed by atoms with Crippen LogP contribution in [0, 0.1) is 0 Å². The van der Waals surface area contributed by atoms with Crippen LogP contribution in [0.3, 0.4) is 0 Å². The SMILES string of the molecule is CC(C)NCCCCCN(CC(F)(F)F)C1CC1. The van der Waals surface area contributed by atoms with Gasteiger partial charge >= 0.3 is 6.18 Å². The minimum Gasteiger partial charge on any atom is -0.315 e. The van der Waals surface area contributed by atoms with Crippen molar-refractivity contribution < 1.29 is 13.2 Å². The number of halogens is 3. The van der Waals surface area contributed by atoms with E-state index < -0.39 is 12.7 Å². The van der Waals surface area contributed by atoms with Crippen molar-refractivity contribution in [2.75, 3.05) is 19.6 Å². The molecule has 1 aliphatic rings. The van der Waals surface area contributed by atoms with Crippen molar-refractivity contribution in [1.29, 1.82) is 0 Å². The average Bonchev–Trinajstić information content (AvgIpc) is 3.02. The minimum atomic E-state index is -4.05. The highest BCUT2D eigenvalue weighted by Gasteiger charge is 2.37. The van der Waals surface area contributed by atoms with Crippen molar-refractivity contribution in [3.8, 4) is 0 Å². The van der Waals surface area contributed by atoms with Crippen LogP contribution in [0.25, 0.3) is 0 Å². The van der Waals surface area contributed by atoms with Crippen LogP contribution >= 0.6 is 0 Å². The van der Waals surface area contributed by atoms with Gasteiger partial charge in [-0.1, -0.05) is 20.3 Å². The highest BCUT2D eigenvalue weighted by atomic mass is 19.4. The molecule has 1 aliphatic carbocycles. The van der Waals surface area contributed by atoms with Crippen molar-refractivity contribution >= 4 is 0 Å². The summed E-state index contributed by atoms with van der Waals surface area (Å²) in [6, 6.07) is 0.679. The van der Waals surface area contributed by atoms with Gasteiger partial charge in [0.15, 0.2) is 0 Å². The van der Waals surface area contributed by atoms with Gasteiger partial charge in [-0.2, -0.15) is 13.2 Å². The quantitative estimate of drug-likeness (QED) is 0.645. The third kappa shape index (κ3) is 7.93. The molecule has 0 unspecified atom stereocenters. The number of rotatable bonds is 9. The van der Waals surface area contributed by atoms with Gasteiger partial charge in [0.1, 0.15) is 0 Å². The van der Waals surface area contributed by atoms with Crippen LogP contribution in [0.2, 0.25) is 0 Å². The molecule has 0 radical (unpaired) electrons. The Kier molecular flexibility index (Phi) is 6.43. The molecular formula is C13H25F3N2. The molecule has 0 aromatic rings. The molecule has 1 N–H and O–H groups in total. The van der Waals surface area contributed by atoms with Gasteiger partial charge in [0.05, 0.1) is 6.54 Å². The third-order valence-electron chi connectivity index (χ3n) is 3.12. The summed E-state index contributed by atoms with van der Waals surface area (Å²) in [4.78, 5) is 1.61. The fraction of sp³-hybridized carbons (Fsp3) is 1.00. The molecule has 1 saturated carbocycles. The third-order valence-corrected chi connectivity index (χ3v) is 3.12. The van der Waals surface area contributed by atoms with E-state index in [0.717, 1.165) is 38.6 Å². The second-order valence-electron chi connectivity index (χ2n) is 5.49. The fourth-order valence-electron chi connectivity index (χ4n) is 2.07. The van der Waals surface area contributed by atoms with Crippen LogP contribution < -0.4 is 5.32 Å². The molecule has 2 nitrogen and oxygen atoms in total. The van der Waals surface area contributed by atoms with Gasteiger partial charge in [-0.3, -0.25) is 4.90 Å². The number of hydrogen-bond acceptors (Lipinski definition) is 2. The summed E-state index contributed by atoms with van der Waals surface area (Å²) in [6.07, 6.45) is 0.730.